The molecule has 0 aliphatic heterocycles. The summed E-state index contributed by atoms with van der Waals surface area (Å²) >= 11 is 1.74. The minimum absolute atomic E-state index is 0.317. The largest absolute Gasteiger partial charge is 0.309 e. The van der Waals surface area contributed by atoms with Gasteiger partial charge in [0.25, 0.3) is 0 Å². The SMILES string of the molecule is CNC(c1ccsc1)c1ccccc1C. The highest BCUT2D eigenvalue weighted by Gasteiger charge is 2.13. The molecule has 0 bridgehead atoms. The molecule has 1 nitrogen and oxygen atoms in total. The van der Waals surface area contributed by atoms with Crippen molar-refractivity contribution in [2.24, 2.45) is 0 Å². The van der Waals surface area contributed by atoms with Crippen LogP contribution in [0.15, 0.2) is 41.1 Å². The highest BCUT2D eigenvalue weighted by atomic mass is 32.1. The van der Waals surface area contributed by atoms with Crippen LogP contribution in [0.25, 0.3) is 0 Å². The number of benzene rings is 1. The Bertz CT molecular complexity index is 420. The highest BCUT2D eigenvalue weighted by molar-refractivity contribution is 7.08. The summed E-state index contributed by atoms with van der Waals surface area (Å²) in [5.74, 6) is 0. The van der Waals surface area contributed by atoms with Gasteiger partial charge >= 0.3 is 0 Å². The average Bonchev–Trinajstić information content (AvgIpc) is 2.75. The van der Waals surface area contributed by atoms with Crippen LogP contribution in [-0.2, 0) is 0 Å². The van der Waals surface area contributed by atoms with Crippen molar-refractivity contribution in [3.8, 4) is 0 Å². The van der Waals surface area contributed by atoms with Crippen molar-refractivity contribution in [2.75, 3.05) is 7.05 Å². The fourth-order valence-electron chi connectivity index (χ4n) is 1.85. The zero-order valence-electron chi connectivity index (χ0n) is 9.03. The van der Waals surface area contributed by atoms with E-state index in [1.165, 1.54) is 16.7 Å². The number of nitrogens with one attached hydrogen (secondary N) is 1. The fraction of sp³-hybridized carbons (Fsp3) is 0.231. The van der Waals surface area contributed by atoms with Crippen LogP contribution in [0.4, 0.5) is 0 Å². The predicted octanol–water partition coefficient (Wildman–Crippen LogP) is 3.37. The number of aryl methyl sites for hydroxylation is 1. The lowest BCUT2D eigenvalue weighted by Crippen LogP contribution is -2.17. The second-order valence-electron chi connectivity index (χ2n) is 3.63. The summed E-state index contributed by atoms with van der Waals surface area (Å²) in [4.78, 5) is 0. The molecule has 0 saturated carbocycles. The summed E-state index contributed by atoms with van der Waals surface area (Å²) in [5, 5.41) is 7.69. The van der Waals surface area contributed by atoms with Gasteiger partial charge in [0, 0.05) is 0 Å². The Morgan fingerprint density at radius 1 is 1.20 bits per heavy atom. The van der Waals surface area contributed by atoms with Crippen LogP contribution >= 0.6 is 11.3 Å². The maximum atomic E-state index is 3.37. The zero-order chi connectivity index (χ0) is 10.7. The first-order chi connectivity index (χ1) is 7.33. The van der Waals surface area contributed by atoms with E-state index >= 15 is 0 Å². The Balaban J connectivity index is 2.40. The van der Waals surface area contributed by atoms with Gasteiger partial charge in [-0.1, -0.05) is 24.3 Å². The van der Waals surface area contributed by atoms with Crippen molar-refractivity contribution in [3.05, 3.63) is 57.8 Å². The monoisotopic (exact) mass is 217 g/mol. The summed E-state index contributed by atoms with van der Waals surface area (Å²) in [6, 6.07) is 11.0. The Hall–Kier alpha value is -1.12. The molecule has 1 unspecified atom stereocenters. The van der Waals surface area contributed by atoms with Gasteiger partial charge in [-0.2, -0.15) is 11.3 Å². The molecule has 1 aromatic carbocycles. The maximum Gasteiger partial charge on any atom is 0.0585 e. The molecule has 0 radical (unpaired) electrons. The first-order valence-corrected chi connectivity index (χ1v) is 6.02. The molecule has 15 heavy (non-hydrogen) atoms. The third-order valence-corrected chi connectivity index (χ3v) is 3.37. The third kappa shape index (κ3) is 2.11. The molecule has 1 aromatic heterocycles. The molecule has 2 heteroatoms. The van der Waals surface area contributed by atoms with Crippen molar-refractivity contribution in [2.45, 2.75) is 13.0 Å². The van der Waals surface area contributed by atoms with Crippen LogP contribution in [0.5, 0.6) is 0 Å². The smallest absolute Gasteiger partial charge is 0.0585 e. The van der Waals surface area contributed by atoms with Gasteiger partial charge < -0.3 is 5.32 Å². The lowest BCUT2D eigenvalue weighted by atomic mass is 9.97. The van der Waals surface area contributed by atoms with E-state index in [0.29, 0.717) is 6.04 Å². The van der Waals surface area contributed by atoms with Crippen molar-refractivity contribution >= 4 is 11.3 Å². The molecule has 0 amide bonds. The van der Waals surface area contributed by atoms with Crippen LogP contribution in [0, 0.1) is 6.92 Å². The van der Waals surface area contributed by atoms with Crippen molar-refractivity contribution < 1.29 is 0 Å². The number of rotatable bonds is 3. The van der Waals surface area contributed by atoms with Gasteiger partial charge in [-0.3, -0.25) is 0 Å². The lowest BCUT2D eigenvalue weighted by Gasteiger charge is -2.17. The molecule has 0 fully saturated rings. The highest BCUT2D eigenvalue weighted by Crippen LogP contribution is 2.25. The second kappa shape index (κ2) is 4.60. The van der Waals surface area contributed by atoms with Gasteiger partial charge in [0.05, 0.1) is 6.04 Å². The van der Waals surface area contributed by atoms with Crippen LogP contribution in [-0.4, -0.2) is 7.05 Å². The van der Waals surface area contributed by atoms with Crippen molar-refractivity contribution in [1.82, 2.24) is 5.32 Å². The van der Waals surface area contributed by atoms with E-state index < -0.39 is 0 Å². The Kier molecular flexibility index (Phi) is 3.19. The van der Waals surface area contributed by atoms with E-state index in [-0.39, 0.29) is 0 Å². The molecule has 0 aliphatic rings. The van der Waals surface area contributed by atoms with Gasteiger partial charge in [0.15, 0.2) is 0 Å². The molecule has 1 atom stereocenters. The molecule has 2 aromatic rings. The average molecular weight is 217 g/mol. The molecule has 2 rings (SSSR count). The van der Waals surface area contributed by atoms with E-state index in [4.69, 9.17) is 0 Å². The first kappa shape index (κ1) is 10.4. The predicted molar refractivity (Wildman–Crippen MR) is 66.4 cm³/mol. The lowest BCUT2D eigenvalue weighted by molar-refractivity contribution is 0.690. The Labute approximate surface area is 94.8 Å². The van der Waals surface area contributed by atoms with Gasteiger partial charge in [0.1, 0.15) is 0 Å². The second-order valence-corrected chi connectivity index (χ2v) is 4.41. The number of thiophene rings is 1. The first-order valence-electron chi connectivity index (χ1n) is 5.08. The molecule has 0 spiro atoms. The topological polar surface area (TPSA) is 12.0 Å². The van der Waals surface area contributed by atoms with Crippen LogP contribution < -0.4 is 5.32 Å². The standard InChI is InChI=1S/C13H15NS/c1-10-5-3-4-6-12(10)13(14-2)11-7-8-15-9-11/h3-9,13-14H,1-2H3. The molecule has 78 valence electrons. The molecular weight excluding hydrogens is 202 g/mol. The van der Waals surface area contributed by atoms with Crippen LogP contribution in [0.1, 0.15) is 22.7 Å². The summed E-state index contributed by atoms with van der Waals surface area (Å²) in [6.45, 7) is 2.16. The van der Waals surface area contributed by atoms with E-state index in [9.17, 15) is 0 Å². The normalized spacial score (nSPS) is 12.7. The number of hydrogen-bond acceptors (Lipinski definition) is 2. The molecule has 0 saturated heterocycles. The fourth-order valence-corrected chi connectivity index (χ4v) is 2.54. The minimum Gasteiger partial charge on any atom is -0.309 e. The summed E-state index contributed by atoms with van der Waals surface area (Å²) in [7, 11) is 2.01. The zero-order valence-corrected chi connectivity index (χ0v) is 9.84. The number of hydrogen-bond donors (Lipinski definition) is 1. The quantitative estimate of drug-likeness (QED) is 0.831. The van der Waals surface area contributed by atoms with E-state index in [0.717, 1.165) is 0 Å². The van der Waals surface area contributed by atoms with Crippen molar-refractivity contribution in [1.29, 1.82) is 0 Å². The van der Waals surface area contributed by atoms with Gasteiger partial charge in [-0.25, -0.2) is 0 Å². The minimum atomic E-state index is 0.317. The molecular formula is C13H15NS. The van der Waals surface area contributed by atoms with Gasteiger partial charge in [-0.05, 0) is 47.5 Å². The van der Waals surface area contributed by atoms with Gasteiger partial charge in [0.2, 0.25) is 0 Å². The third-order valence-electron chi connectivity index (χ3n) is 2.66. The summed E-state index contributed by atoms with van der Waals surface area (Å²) < 4.78 is 0. The summed E-state index contributed by atoms with van der Waals surface area (Å²) in [6.07, 6.45) is 0. The van der Waals surface area contributed by atoms with Crippen LogP contribution in [0.2, 0.25) is 0 Å². The molecule has 0 aliphatic carbocycles. The van der Waals surface area contributed by atoms with E-state index in [1.807, 2.05) is 7.05 Å². The summed E-state index contributed by atoms with van der Waals surface area (Å²) in [5.41, 5.74) is 4.04. The Morgan fingerprint density at radius 3 is 2.60 bits per heavy atom. The van der Waals surface area contributed by atoms with Gasteiger partial charge in [-0.15, -0.1) is 0 Å². The van der Waals surface area contributed by atoms with Crippen LogP contribution in [0.3, 0.4) is 0 Å². The Morgan fingerprint density at radius 2 is 2.00 bits per heavy atom. The molecule has 1 N–H and O–H groups in total. The van der Waals surface area contributed by atoms with E-state index in [2.05, 4.69) is 53.3 Å². The maximum absolute atomic E-state index is 3.37. The van der Waals surface area contributed by atoms with E-state index in [1.54, 1.807) is 11.3 Å². The van der Waals surface area contributed by atoms with Crippen molar-refractivity contribution in [3.63, 3.8) is 0 Å². The molecule has 1 heterocycles.